The van der Waals surface area contributed by atoms with Crippen molar-refractivity contribution < 1.29 is 14.7 Å². The molecule has 1 aliphatic carbocycles. The van der Waals surface area contributed by atoms with Gasteiger partial charge in [0.15, 0.2) is 0 Å². The highest BCUT2D eigenvalue weighted by Gasteiger charge is 2.41. The third-order valence-corrected chi connectivity index (χ3v) is 4.54. The van der Waals surface area contributed by atoms with Crippen molar-refractivity contribution in [1.82, 2.24) is 15.1 Å². The zero-order valence-electron chi connectivity index (χ0n) is 12.4. The number of aliphatic carboxylic acids is 1. The third-order valence-electron chi connectivity index (χ3n) is 4.54. The summed E-state index contributed by atoms with van der Waals surface area (Å²) < 4.78 is 0. The van der Waals surface area contributed by atoms with E-state index in [0.29, 0.717) is 5.92 Å². The highest BCUT2D eigenvalue weighted by atomic mass is 16.4. The Morgan fingerprint density at radius 1 is 1.45 bits per heavy atom. The summed E-state index contributed by atoms with van der Waals surface area (Å²) in [6.45, 7) is 2.85. The van der Waals surface area contributed by atoms with E-state index in [1.807, 2.05) is 0 Å². The number of hydrogen-bond donors (Lipinski definition) is 2. The maximum Gasteiger partial charge on any atom is 0.317 e. The van der Waals surface area contributed by atoms with Crippen LogP contribution in [-0.2, 0) is 4.79 Å². The van der Waals surface area contributed by atoms with Crippen LogP contribution in [-0.4, -0.2) is 66.2 Å². The van der Waals surface area contributed by atoms with E-state index in [1.165, 1.54) is 0 Å². The number of hydrogen-bond acceptors (Lipinski definition) is 3. The van der Waals surface area contributed by atoms with Gasteiger partial charge in [-0.25, -0.2) is 4.79 Å². The quantitative estimate of drug-likeness (QED) is 0.789. The largest absolute Gasteiger partial charge is 0.481 e. The molecule has 1 heterocycles. The summed E-state index contributed by atoms with van der Waals surface area (Å²) in [5, 5.41) is 11.9. The molecule has 20 heavy (non-hydrogen) atoms. The van der Waals surface area contributed by atoms with E-state index in [9.17, 15) is 9.59 Å². The van der Waals surface area contributed by atoms with Gasteiger partial charge in [-0.3, -0.25) is 4.79 Å². The Balaban J connectivity index is 1.82. The molecule has 0 aromatic heterocycles. The topological polar surface area (TPSA) is 72.9 Å². The third kappa shape index (κ3) is 3.62. The highest BCUT2D eigenvalue weighted by Crippen LogP contribution is 2.35. The molecule has 2 fully saturated rings. The van der Waals surface area contributed by atoms with E-state index in [0.717, 1.165) is 45.3 Å². The molecule has 0 radical (unpaired) electrons. The molecule has 2 aliphatic rings. The lowest BCUT2D eigenvalue weighted by atomic mass is 9.74. The summed E-state index contributed by atoms with van der Waals surface area (Å²) in [6, 6.07) is -0.138. The number of rotatable bonds is 5. The van der Waals surface area contributed by atoms with Crippen LogP contribution in [0.25, 0.3) is 0 Å². The second-order valence-corrected chi connectivity index (χ2v) is 6.43. The number of urea groups is 1. The second kappa shape index (κ2) is 5.99. The molecule has 6 heteroatoms. The number of carbonyl (C=O) groups is 2. The normalized spacial score (nSPS) is 25.0. The SMILES string of the molecule is CN1CCC(CN(C)C(=O)NC2(CC(=O)O)CCC2)C1. The van der Waals surface area contributed by atoms with Crippen LogP contribution in [0.15, 0.2) is 0 Å². The number of carbonyl (C=O) groups excluding carboxylic acids is 1. The first-order valence-electron chi connectivity index (χ1n) is 7.34. The molecule has 0 bridgehead atoms. The molecule has 2 amide bonds. The molecule has 114 valence electrons. The maximum atomic E-state index is 12.2. The monoisotopic (exact) mass is 283 g/mol. The molecule has 1 unspecified atom stereocenters. The van der Waals surface area contributed by atoms with Crippen LogP contribution in [0, 0.1) is 5.92 Å². The Kier molecular flexibility index (Phi) is 4.52. The standard InChI is InChI=1S/C14H25N3O3/c1-16-7-4-11(9-16)10-17(2)13(20)15-14(5-3-6-14)8-12(18)19/h11H,3-10H2,1-2H3,(H,15,20)(H,18,19). The molecule has 2 N–H and O–H groups in total. The number of nitrogens with zero attached hydrogens (tertiary/aromatic N) is 2. The van der Waals surface area contributed by atoms with Crippen molar-refractivity contribution >= 4 is 12.0 Å². The smallest absolute Gasteiger partial charge is 0.317 e. The lowest BCUT2D eigenvalue weighted by molar-refractivity contribution is -0.139. The number of amides is 2. The average molecular weight is 283 g/mol. The Labute approximate surface area is 120 Å². The summed E-state index contributed by atoms with van der Waals surface area (Å²) in [7, 11) is 3.89. The van der Waals surface area contributed by atoms with Crippen molar-refractivity contribution in [3.05, 3.63) is 0 Å². The van der Waals surface area contributed by atoms with E-state index in [-0.39, 0.29) is 12.5 Å². The van der Waals surface area contributed by atoms with Gasteiger partial charge in [-0.1, -0.05) is 0 Å². The Hall–Kier alpha value is -1.30. The van der Waals surface area contributed by atoms with Gasteiger partial charge in [0, 0.05) is 20.1 Å². The van der Waals surface area contributed by atoms with E-state index >= 15 is 0 Å². The first kappa shape index (κ1) is 15.1. The van der Waals surface area contributed by atoms with Gasteiger partial charge in [0.1, 0.15) is 0 Å². The van der Waals surface area contributed by atoms with Crippen LogP contribution in [0.2, 0.25) is 0 Å². The van der Waals surface area contributed by atoms with Crippen LogP contribution in [0.1, 0.15) is 32.1 Å². The van der Waals surface area contributed by atoms with Crippen molar-refractivity contribution in [3.63, 3.8) is 0 Å². The minimum Gasteiger partial charge on any atom is -0.481 e. The number of nitrogens with one attached hydrogen (secondary N) is 1. The molecule has 1 saturated heterocycles. The molecule has 2 rings (SSSR count). The first-order chi connectivity index (χ1) is 9.40. The number of carboxylic acid groups (broad SMARTS) is 1. The minimum absolute atomic E-state index is 0.0265. The molecular formula is C14H25N3O3. The van der Waals surface area contributed by atoms with Gasteiger partial charge < -0.3 is 20.2 Å². The lowest BCUT2D eigenvalue weighted by Crippen LogP contribution is -2.57. The fourth-order valence-electron chi connectivity index (χ4n) is 3.21. The second-order valence-electron chi connectivity index (χ2n) is 6.43. The molecule has 0 spiro atoms. The van der Waals surface area contributed by atoms with Gasteiger partial charge in [-0.2, -0.15) is 0 Å². The van der Waals surface area contributed by atoms with Crippen LogP contribution >= 0.6 is 0 Å². The number of carboxylic acids is 1. The van der Waals surface area contributed by atoms with Gasteiger partial charge in [-0.15, -0.1) is 0 Å². The van der Waals surface area contributed by atoms with Crippen LogP contribution in [0.4, 0.5) is 4.79 Å². The molecule has 1 saturated carbocycles. The number of likely N-dealkylation sites (tertiary alicyclic amines) is 1. The fraction of sp³-hybridized carbons (Fsp3) is 0.857. The van der Waals surface area contributed by atoms with Gasteiger partial charge in [0.25, 0.3) is 0 Å². The van der Waals surface area contributed by atoms with Crippen molar-refractivity contribution in [2.24, 2.45) is 5.92 Å². The van der Waals surface area contributed by atoms with Crippen LogP contribution in [0.3, 0.4) is 0 Å². The minimum atomic E-state index is -0.843. The highest BCUT2D eigenvalue weighted by molar-refractivity contribution is 5.77. The van der Waals surface area contributed by atoms with Gasteiger partial charge in [-0.05, 0) is 45.2 Å². The summed E-state index contributed by atoms with van der Waals surface area (Å²) in [4.78, 5) is 27.1. The van der Waals surface area contributed by atoms with Crippen molar-refractivity contribution in [2.45, 2.75) is 37.6 Å². The summed E-state index contributed by atoms with van der Waals surface area (Å²) in [5.74, 6) is -0.322. The molecule has 6 nitrogen and oxygen atoms in total. The molecule has 0 aromatic rings. The Bertz CT molecular complexity index is 382. The summed E-state index contributed by atoms with van der Waals surface area (Å²) in [5.41, 5.74) is -0.510. The predicted molar refractivity (Wildman–Crippen MR) is 75.6 cm³/mol. The summed E-state index contributed by atoms with van der Waals surface area (Å²) in [6.07, 6.45) is 3.67. The zero-order chi connectivity index (χ0) is 14.8. The van der Waals surface area contributed by atoms with E-state index in [4.69, 9.17) is 5.11 Å². The average Bonchev–Trinajstić information content (AvgIpc) is 2.71. The molecule has 1 atom stereocenters. The van der Waals surface area contributed by atoms with Crippen molar-refractivity contribution in [1.29, 1.82) is 0 Å². The maximum absolute atomic E-state index is 12.2. The van der Waals surface area contributed by atoms with Gasteiger partial charge >= 0.3 is 12.0 Å². The fourth-order valence-corrected chi connectivity index (χ4v) is 3.21. The van der Waals surface area contributed by atoms with E-state index in [2.05, 4.69) is 17.3 Å². The Morgan fingerprint density at radius 3 is 2.60 bits per heavy atom. The van der Waals surface area contributed by atoms with Crippen LogP contribution in [0.5, 0.6) is 0 Å². The molecule has 1 aliphatic heterocycles. The van der Waals surface area contributed by atoms with Crippen LogP contribution < -0.4 is 5.32 Å². The Morgan fingerprint density at radius 2 is 2.15 bits per heavy atom. The van der Waals surface area contributed by atoms with Gasteiger partial charge in [0.05, 0.1) is 12.0 Å². The predicted octanol–water partition coefficient (Wildman–Crippen LogP) is 0.977. The summed E-state index contributed by atoms with van der Waals surface area (Å²) >= 11 is 0. The molecule has 0 aromatic carbocycles. The molecular weight excluding hydrogens is 258 g/mol. The first-order valence-corrected chi connectivity index (χ1v) is 7.34. The van der Waals surface area contributed by atoms with E-state index in [1.54, 1.807) is 11.9 Å². The zero-order valence-corrected chi connectivity index (χ0v) is 12.4. The van der Waals surface area contributed by atoms with Gasteiger partial charge in [0.2, 0.25) is 0 Å². The van der Waals surface area contributed by atoms with E-state index < -0.39 is 11.5 Å². The van der Waals surface area contributed by atoms with Crippen molar-refractivity contribution in [3.8, 4) is 0 Å². The van der Waals surface area contributed by atoms with Crippen molar-refractivity contribution in [2.75, 3.05) is 33.7 Å². The lowest BCUT2D eigenvalue weighted by Gasteiger charge is -2.42.